The number of pyridine rings is 1. The number of para-hydroxylation sites is 1. The van der Waals surface area contributed by atoms with Crippen molar-refractivity contribution in [3.8, 4) is 11.1 Å². The number of esters is 1. The fourth-order valence-electron chi connectivity index (χ4n) is 8.48. The summed E-state index contributed by atoms with van der Waals surface area (Å²) >= 11 is 1.41. The second-order valence-corrected chi connectivity index (χ2v) is 18.8. The zero-order chi connectivity index (χ0) is 44.3. The second kappa shape index (κ2) is 18.7. The van der Waals surface area contributed by atoms with Crippen LogP contribution in [0.15, 0.2) is 90.0 Å². The van der Waals surface area contributed by atoms with Crippen LogP contribution in [0.4, 0.5) is 16.6 Å². The van der Waals surface area contributed by atoms with Crippen LogP contribution < -0.4 is 19.8 Å². The average Bonchev–Trinajstić information content (AvgIpc) is 3.89. The minimum absolute atomic E-state index is 0.0602. The van der Waals surface area contributed by atoms with Crippen LogP contribution >= 0.6 is 11.3 Å². The number of sulfonamides is 1. The highest BCUT2D eigenvalue weighted by molar-refractivity contribution is 7.90. The fourth-order valence-corrected chi connectivity index (χ4v) is 10.3. The highest BCUT2D eigenvalue weighted by atomic mass is 32.2. The number of piperidine rings is 1. The number of hydrogen-bond acceptors (Lipinski definition) is 12. The van der Waals surface area contributed by atoms with Gasteiger partial charge in [0.15, 0.2) is 5.13 Å². The van der Waals surface area contributed by atoms with E-state index in [4.69, 9.17) is 9.72 Å². The van der Waals surface area contributed by atoms with Gasteiger partial charge in [0, 0.05) is 60.8 Å². The molecule has 0 spiro atoms. The van der Waals surface area contributed by atoms with Gasteiger partial charge in [-0.1, -0.05) is 62.3 Å². The van der Waals surface area contributed by atoms with Gasteiger partial charge in [-0.2, -0.15) is 5.10 Å². The van der Waals surface area contributed by atoms with E-state index < -0.39 is 15.9 Å². The van der Waals surface area contributed by atoms with Crippen molar-refractivity contribution in [2.75, 3.05) is 41.4 Å². The van der Waals surface area contributed by atoms with E-state index in [2.05, 4.69) is 38.9 Å². The smallest absolute Gasteiger partial charge is 0.309 e. The van der Waals surface area contributed by atoms with Crippen molar-refractivity contribution in [1.29, 1.82) is 0 Å². The topological polar surface area (TPSA) is 169 Å². The lowest BCUT2D eigenvalue weighted by molar-refractivity contribution is -0.148. The summed E-state index contributed by atoms with van der Waals surface area (Å²) in [4.78, 5) is 53.9. The van der Waals surface area contributed by atoms with Crippen LogP contribution in [0.2, 0.25) is 0 Å². The van der Waals surface area contributed by atoms with Crippen molar-refractivity contribution in [2.24, 2.45) is 11.8 Å². The van der Waals surface area contributed by atoms with Crippen LogP contribution in [-0.2, 0) is 39.1 Å². The maximum Gasteiger partial charge on any atom is 0.309 e. The van der Waals surface area contributed by atoms with E-state index in [1.165, 1.54) is 23.5 Å². The molecule has 5 heterocycles. The van der Waals surface area contributed by atoms with Gasteiger partial charge >= 0.3 is 5.97 Å². The lowest BCUT2D eigenvalue weighted by Gasteiger charge is -2.32. The Bertz CT molecular complexity index is 2720. The molecule has 3 aromatic heterocycles. The molecule has 8 rings (SSSR count). The maximum absolute atomic E-state index is 14.4. The van der Waals surface area contributed by atoms with E-state index in [1.807, 2.05) is 59.0 Å². The number of fused-ring (bicyclic) bond motifs is 2. The van der Waals surface area contributed by atoms with Crippen molar-refractivity contribution in [1.82, 2.24) is 24.5 Å². The zero-order valence-electron chi connectivity index (χ0n) is 36.0. The molecule has 0 radical (unpaired) electrons. The molecule has 2 aliphatic rings. The summed E-state index contributed by atoms with van der Waals surface area (Å²) < 4.78 is 38.2. The summed E-state index contributed by atoms with van der Waals surface area (Å²) in [6.45, 7) is 11.3. The first-order chi connectivity index (χ1) is 30.5. The van der Waals surface area contributed by atoms with Gasteiger partial charge in [-0.3, -0.25) is 24.4 Å². The van der Waals surface area contributed by atoms with Gasteiger partial charge in [0.05, 0.1) is 33.8 Å². The van der Waals surface area contributed by atoms with Crippen molar-refractivity contribution in [3.63, 3.8) is 0 Å². The number of amides is 2. The summed E-state index contributed by atoms with van der Waals surface area (Å²) in [6.07, 6.45) is 5.61. The van der Waals surface area contributed by atoms with Gasteiger partial charge in [-0.25, -0.2) is 23.1 Å². The first kappa shape index (κ1) is 43.5. The number of benzene rings is 3. The third-order valence-electron chi connectivity index (χ3n) is 12.3. The van der Waals surface area contributed by atoms with E-state index in [1.54, 1.807) is 37.4 Å². The molecule has 14 nitrogen and oxygen atoms in total. The van der Waals surface area contributed by atoms with Crippen molar-refractivity contribution in [3.05, 3.63) is 113 Å². The summed E-state index contributed by atoms with van der Waals surface area (Å²) in [5.74, 6) is -0.595. The van der Waals surface area contributed by atoms with Crippen molar-refractivity contribution >= 4 is 66.0 Å². The number of aromatic nitrogens is 4. The lowest BCUT2D eigenvalue weighted by atomic mass is 9.94. The number of nitrogens with zero attached hydrogens (tertiary/aromatic N) is 6. The molecule has 0 aliphatic carbocycles. The maximum atomic E-state index is 14.4. The Balaban J connectivity index is 1.06. The molecule has 16 heteroatoms. The number of nitrogens with one attached hydrogen (secondary N) is 2. The van der Waals surface area contributed by atoms with E-state index in [-0.39, 0.29) is 28.4 Å². The summed E-state index contributed by atoms with van der Waals surface area (Å²) in [5, 5.41) is 8.19. The highest BCUT2D eigenvalue weighted by Gasteiger charge is 2.30. The highest BCUT2D eigenvalue weighted by Crippen LogP contribution is 2.33. The van der Waals surface area contributed by atoms with Gasteiger partial charge in [0.1, 0.15) is 11.5 Å². The normalized spacial score (nSPS) is 14.5. The Hall–Kier alpha value is -6.13. The molecule has 2 N–H and O–H groups in total. The minimum Gasteiger partial charge on any atom is -0.466 e. The van der Waals surface area contributed by atoms with Crippen LogP contribution in [0, 0.1) is 18.8 Å². The SMILES string of the molecule is CCOC(=O)C1CCN(c2ccc(S(=O)(=O)NC(=O)c3nc(N4CCc5cccc(C(=O)Nc6nc7ccccc7s6)c5C4)ccc3-c3cnn(CC(CC)CC)c3C)cc2)CC1. The molecule has 0 saturated carbocycles. The average molecular weight is 889 g/mol. The Labute approximate surface area is 371 Å². The Morgan fingerprint density at radius 2 is 1.62 bits per heavy atom. The molecule has 0 bridgehead atoms. The van der Waals surface area contributed by atoms with Crippen LogP contribution in [0.5, 0.6) is 0 Å². The first-order valence-corrected chi connectivity index (χ1v) is 23.9. The molecule has 63 heavy (non-hydrogen) atoms. The molecule has 0 atom stereocenters. The zero-order valence-corrected chi connectivity index (χ0v) is 37.6. The lowest BCUT2D eigenvalue weighted by Crippen LogP contribution is -2.37. The second-order valence-electron chi connectivity index (χ2n) is 16.1. The van der Waals surface area contributed by atoms with E-state index in [9.17, 15) is 22.8 Å². The number of carbonyl (C=O) groups excluding carboxylic acids is 3. The molecule has 2 amide bonds. The monoisotopic (exact) mass is 888 g/mol. The standard InChI is InChI=1S/C47H52N8O6S2/c1-5-31(6-2)28-55-30(4)38(27-48-55)36-19-20-42(54-26-21-32-11-10-12-37(39(32)29-54)44(56)51-47-49-40-13-8-9-14-41(40)62-47)50-43(36)45(57)52-63(59,60)35-17-15-34(16-18-35)53-24-22-33(23-25-53)46(58)61-7-3/h8-20,27,31,33H,5-7,21-26,28-29H2,1-4H3,(H,52,57)(H,49,51,56). The molecule has 328 valence electrons. The molecule has 6 aromatic rings. The Morgan fingerprint density at radius 3 is 2.35 bits per heavy atom. The van der Waals surface area contributed by atoms with Crippen LogP contribution in [0.25, 0.3) is 21.3 Å². The van der Waals surface area contributed by atoms with Gasteiger partial charge < -0.3 is 14.5 Å². The van der Waals surface area contributed by atoms with Crippen LogP contribution in [0.3, 0.4) is 0 Å². The van der Waals surface area contributed by atoms with Crippen molar-refractivity contribution in [2.45, 2.75) is 77.8 Å². The number of rotatable bonds is 14. The first-order valence-electron chi connectivity index (χ1n) is 21.6. The summed E-state index contributed by atoms with van der Waals surface area (Å²) in [7, 11) is -4.34. The molecule has 2 aliphatic heterocycles. The van der Waals surface area contributed by atoms with Crippen molar-refractivity contribution < 1.29 is 27.5 Å². The van der Waals surface area contributed by atoms with E-state index in [0.29, 0.717) is 92.2 Å². The minimum atomic E-state index is -4.34. The molecular weight excluding hydrogens is 837 g/mol. The number of carbonyl (C=O) groups is 3. The number of anilines is 3. The third kappa shape index (κ3) is 9.32. The largest absolute Gasteiger partial charge is 0.466 e. The van der Waals surface area contributed by atoms with Gasteiger partial charge in [-0.05, 0) is 105 Å². The van der Waals surface area contributed by atoms with E-state index in [0.717, 1.165) is 45.6 Å². The molecule has 1 fully saturated rings. The number of thiazole rings is 1. The van der Waals surface area contributed by atoms with E-state index >= 15 is 0 Å². The quantitative estimate of drug-likeness (QED) is 0.102. The van der Waals surface area contributed by atoms with Gasteiger partial charge in [0.25, 0.3) is 21.8 Å². The Morgan fingerprint density at radius 1 is 0.857 bits per heavy atom. The summed E-state index contributed by atoms with van der Waals surface area (Å²) in [6, 6.07) is 23.5. The number of ether oxygens (including phenoxy) is 1. The summed E-state index contributed by atoms with van der Waals surface area (Å²) in [5.41, 5.74) is 5.94. The van der Waals surface area contributed by atoms with Gasteiger partial charge in [-0.15, -0.1) is 0 Å². The Kier molecular flexibility index (Phi) is 12.9. The third-order valence-corrected chi connectivity index (χ3v) is 14.6. The molecule has 3 aromatic carbocycles. The molecule has 0 unspecified atom stereocenters. The van der Waals surface area contributed by atoms with Crippen LogP contribution in [-0.4, -0.2) is 72.2 Å². The number of hydrogen-bond donors (Lipinski definition) is 2. The van der Waals surface area contributed by atoms with Gasteiger partial charge in [0.2, 0.25) is 0 Å². The predicted molar refractivity (Wildman–Crippen MR) is 246 cm³/mol. The fraction of sp³-hybridized carbons (Fsp3) is 0.362. The molecule has 1 saturated heterocycles. The molecular formula is C47H52N8O6S2. The van der Waals surface area contributed by atoms with Crippen LogP contribution in [0.1, 0.15) is 84.1 Å². The predicted octanol–water partition coefficient (Wildman–Crippen LogP) is 8.01.